The van der Waals surface area contributed by atoms with E-state index in [2.05, 4.69) is 10.4 Å². The topological polar surface area (TPSA) is 84.3 Å². The maximum Gasteiger partial charge on any atom is 0.223 e. The first kappa shape index (κ1) is 19.5. The minimum absolute atomic E-state index is 0.0241. The Hall–Kier alpha value is -0.830. The molecule has 24 heavy (non-hydrogen) atoms. The summed E-state index contributed by atoms with van der Waals surface area (Å²) in [5, 5.41) is 7.99. The van der Waals surface area contributed by atoms with Crippen molar-refractivity contribution in [1.82, 2.24) is 19.4 Å². The van der Waals surface area contributed by atoms with Crippen molar-refractivity contribution in [2.75, 3.05) is 25.9 Å². The van der Waals surface area contributed by atoms with Crippen LogP contribution in [-0.4, -0.2) is 54.3 Å². The zero-order valence-electron chi connectivity index (χ0n) is 13.8. The van der Waals surface area contributed by atoms with Crippen molar-refractivity contribution in [1.29, 1.82) is 0 Å². The molecule has 1 N–H and O–H groups in total. The van der Waals surface area contributed by atoms with Gasteiger partial charge in [0.2, 0.25) is 15.9 Å². The summed E-state index contributed by atoms with van der Waals surface area (Å²) in [6, 6.07) is 0. The molecule has 0 aliphatic carbocycles. The van der Waals surface area contributed by atoms with Crippen molar-refractivity contribution >= 4 is 39.1 Å². The number of piperidine rings is 1. The zero-order valence-corrected chi connectivity index (χ0v) is 16.1. The molecule has 1 saturated heterocycles. The van der Waals surface area contributed by atoms with Crippen molar-refractivity contribution in [3.8, 4) is 0 Å². The number of nitrogens with one attached hydrogen (secondary N) is 1. The molecule has 1 aliphatic rings. The van der Waals surface area contributed by atoms with Crippen molar-refractivity contribution in [3.63, 3.8) is 0 Å². The molecule has 136 valence electrons. The molecular weight excluding hydrogens is 375 g/mol. The third-order valence-electron chi connectivity index (χ3n) is 4.14. The number of hydrogen-bond donors (Lipinski definition) is 1. The first-order valence-corrected chi connectivity index (χ1v) is 10.4. The maximum atomic E-state index is 12.1. The van der Waals surface area contributed by atoms with Gasteiger partial charge in [-0.2, -0.15) is 5.10 Å². The van der Waals surface area contributed by atoms with Crippen LogP contribution < -0.4 is 5.32 Å². The monoisotopic (exact) mass is 396 g/mol. The van der Waals surface area contributed by atoms with Gasteiger partial charge in [-0.15, -0.1) is 0 Å². The van der Waals surface area contributed by atoms with Crippen LogP contribution in [-0.2, 0) is 21.4 Å². The number of aryl methyl sites for hydroxylation is 2. The van der Waals surface area contributed by atoms with Gasteiger partial charge < -0.3 is 5.32 Å². The van der Waals surface area contributed by atoms with Gasteiger partial charge in [0.1, 0.15) is 10.2 Å². The van der Waals surface area contributed by atoms with Crippen LogP contribution in [0.1, 0.15) is 25.0 Å². The quantitative estimate of drug-likeness (QED) is 0.741. The summed E-state index contributed by atoms with van der Waals surface area (Å²) in [5.41, 5.74) is 0.684. The summed E-state index contributed by atoms with van der Waals surface area (Å²) in [6.45, 7) is 3.67. The van der Waals surface area contributed by atoms with Crippen LogP contribution in [0.2, 0.25) is 10.2 Å². The minimum Gasteiger partial charge on any atom is -0.356 e. The number of rotatable bonds is 6. The Labute approximate surface area is 152 Å². The summed E-state index contributed by atoms with van der Waals surface area (Å²) in [5.74, 6) is -0.156. The first-order valence-electron chi connectivity index (χ1n) is 7.81. The molecule has 0 saturated carbocycles. The van der Waals surface area contributed by atoms with E-state index in [1.54, 1.807) is 11.6 Å². The lowest BCUT2D eigenvalue weighted by molar-refractivity contribution is -0.126. The van der Waals surface area contributed by atoms with Crippen LogP contribution in [0.15, 0.2) is 0 Å². The Bertz CT molecular complexity index is 697. The second-order valence-corrected chi connectivity index (χ2v) is 8.71. The summed E-state index contributed by atoms with van der Waals surface area (Å²) in [7, 11) is -3.16. The Balaban J connectivity index is 1.71. The van der Waals surface area contributed by atoms with Gasteiger partial charge in [0, 0.05) is 32.1 Å². The Morgan fingerprint density at radius 2 is 1.96 bits per heavy atom. The van der Waals surface area contributed by atoms with Crippen LogP contribution >= 0.6 is 23.2 Å². The second kappa shape index (κ2) is 8.03. The van der Waals surface area contributed by atoms with Gasteiger partial charge in [0.05, 0.1) is 11.9 Å². The molecule has 10 heteroatoms. The molecule has 1 aromatic heterocycles. The van der Waals surface area contributed by atoms with Gasteiger partial charge in [-0.3, -0.25) is 9.48 Å². The fourth-order valence-electron chi connectivity index (χ4n) is 2.71. The highest BCUT2D eigenvalue weighted by Crippen LogP contribution is 2.25. The highest BCUT2D eigenvalue weighted by atomic mass is 35.5. The van der Waals surface area contributed by atoms with Crippen LogP contribution in [0.25, 0.3) is 0 Å². The maximum absolute atomic E-state index is 12.1. The number of aromatic nitrogens is 2. The van der Waals surface area contributed by atoms with Crippen LogP contribution in [0.3, 0.4) is 0 Å². The van der Waals surface area contributed by atoms with E-state index in [1.165, 1.54) is 10.6 Å². The Morgan fingerprint density at radius 3 is 2.46 bits per heavy atom. The normalized spacial score (nSPS) is 17.2. The average molecular weight is 397 g/mol. The standard InChI is InChI=1S/C14H22Cl2N4O3S/c1-10-12(15)13(16)20(18-10)7-3-6-17-14(21)11-4-8-19(9-5-11)24(2,22)23/h11H,3-9H2,1-2H3,(H,17,21). The largest absolute Gasteiger partial charge is 0.356 e. The first-order chi connectivity index (χ1) is 11.2. The molecule has 2 rings (SSSR count). The highest BCUT2D eigenvalue weighted by Gasteiger charge is 2.28. The van der Waals surface area contributed by atoms with Gasteiger partial charge in [0.15, 0.2) is 0 Å². The Kier molecular flexibility index (Phi) is 6.52. The van der Waals surface area contributed by atoms with Crippen molar-refractivity contribution in [2.24, 2.45) is 5.92 Å². The lowest BCUT2D eigenvalue weighted by atomic mass is 9.97. The number of nitrogens with zero attached hydrogens (tertiary/aromatic N) is 3. The van der Waals surface area contributed by atoms with E-state index in [9.17, 15) is 13.2 Å². The molecule has 0 atom stereocenters. The molecule has 2 heterocycles. The minimum atomic E-state index is -3.16. The summed E-state index contributed by atoms with van der Waals surface area (Å²) >= 11 is 12.0. The van der Waals surface area contributed by atoms with E-state index in [0.29, 0.717) is 61.3 Å². The molecule has 0 spiro atoms. The van der Waals surface area contributed by atoms with Crippen LogP contribution in [0.5, 0.6) is 0 Å². The lowest BCUT2D eigenvalue weighted by Gasteiger charge is -2.29. The van der Waals surface area contributed by atoms with Gasteiger partial charge in [-0.25, -0.2) is 12.7 Å². The van der Waals surface area contributed by atoms with Crippen LogP contribution in [0.4, 0.5) is 0 Å². The van der Waals surface area contributed by atoms with E-state index < -0.39 is 10.0 Å². The summed E-state index contributed by atoms with van der Waals surface area (Å²) < 4.78 is 26.0. The molecule has 1 aromatic rings. The SMILES string of the molecule is Cc1nn(CCCNC(=O)C2CCN(S(C)(=O)=O)CC2)c(Cl)c1Cl. The molecule has 0 aromatic carbocycles. The van der Waals surface area contributed by atoms with Crippen molar-refractivity contribution < 1.29 is 13.2 Å². The van der Waals surface area contributed by atoms with Gasteiger partial charge in [-0.1, -0.05) is 23.2 Å². The van der Waals surface area contributed by atoms with Gasteiger partial charge >= 0.3 is 0 Å². The fourth-order valence-corrected chi connectivity index (χ4v) is 3.98. The number of halogens is 2. The third kappa shape index (κ3) is 4.84. The van der Waals surface area contributed by atoms with E-state index >= 15 is 0 Å². The van der Waals surface area contributed by atoms with Crippen molar-refractivity contribution in [2.45, 2.75) is 32.7 Å². The highest BCUT2D eigenvalue weighted by molar-refractivity contribution is 7.88. The number of carbonyl (C=O) groups excluding carboxylic acids is 1. The third-order valence-corrected chi connectivity index (χ3v) is 6.37. The second-order valence-electron chi connectivity index (χ2n) is 5.99. The molecule has 1 aliphatic heterocycles. The fraction of sp³-hybridized carbons (Fsp3) is 0.714. The smallest absolute Gasteiger partial charge is 0.223 e. The van der Waals surface area contributed by atoms with E-state index in [4.69, 9.17) is 23.2 Å². The summed E-state index contributed by atoms with van der Waals surface area (Å²) in [4.78, 5) is 12.1. The molecular formula is C14H22Cl2N4O3S. The predicted molar refractivity (Wildman–Crippen MR) is 93.8 cm³/mol. The number of sulfonamides is 1. The molecule has 0 radical (unpaired) electrons. The van der Waals surface area contributed by atoms with E-state index in [-0.39, 0.29) is 11.8 Å². The lowest BCUT2D eigenvalue weighted by Crippen LogP contribution is -2.42. The zero-order chi connectivity index (χ0) is 17.9. The molecule has 7 nitrogen and oxygen atoms in total. The number of amides is 1. The average Bonchev–Trinajstić information content (AvgIpc) is 2.78. The Morgan fingerprint density at radius 1 is 1.33 bits per heavy atom. The van der Waals surface area contributed by atoms with Crippen LogP contribution in [0, 0.1) is 12.8 Å². The number of hydrogen-bond acceptors (Lipinski definition) is 4. The molecule has 1 fully saturated rings. The van der Waals surface area contributed by atoms with E-state index in [1.807, 2.05) is 0 Å². The summed E-state index contributed by atoms with van der Waals surface area (Å²) in [6.07, 6.45) is 2.99. The van der Waals surface area contributed by atoms with Crippen molar-refractivity contribution in [3.05, 3.63) is 15.9 Å². The van der Waals surface area contributed by atoms with Gasteiger partial charge in [0.25, 0.3) is 0 Å². The molecule has 1 amide bonds. The van der Waals surface area contributed by atoms with Gasteiger partial charge in [-0.05, 0) is 26.2 Å². The number of carbonyl (C=O) groups is 1. The molecule has 0 unspecified atom stereocenters. The molecule has 0 bridgehead atoms. The predicted octanol–water partition coefficient (Wildman–Crippen LogP) is 1.68. The van der Waals surface area contributed by atoms with E-state index in [0.717, 1.165) is 0 Å².